The van der Waals surface area contributed by atoms with Crippen molar-refractivity contribution in [2.24, 2.45) is 5.92 Å². The number of carbonyl (C=O) groups is 2. The third kappa shape index (κ3) is 7.32. The van der Waals surface area contributed by atoms with Crippen LogP contribution in [0.15, 0.2) is 0 Å². The first-order valence-electron chi connectivity index (χ1n) is 6.13. The lowest BCUT2D eigenvalue weighted by Crippen LogP contribution is -2.49. The number of nitrogens with one attached hydrogen (secondary N) is 1. The highest BCUT2D eigenvalue weighted by Gasteiger charge is 2.22. The molecule has 1 atom stereocenters. The monoisotopic (exact) mass is 270 g/mol. The Morgan fingerprint density at radius 3 is 2.53 bits per heavy atom. The van der Waals surface area contributed by atoms with Gasteiger partial charge in [0, 0.05) is 26.6 Å². The van der Waals surface area contributed by atoms with E-state index in [-0.39, 0.29) is 12.3 Å². The van der Waals surface area contributed by atoms with Crippen molar-refractivity contribution in [3.63, 3.8) is 0 Å². The van der Waals surface area contributed by atoms with Gasteiger partial charge in [-0.2, -0.15) is 0 Å². The second kappa shape index (κ2) is 9.22. The fourth-order valence-corrected chi connectivity index (χ4v) is 1.48. The number of carbonyl (C=O) groups excluding carboxylic acids is 1. The molecule has 2 amide bonds. The molecular formula is C13H22N2O4. The molecule has 0 saturated heterocycles. The molecule has 0 fully saturated rings. The predicted molar refractivity (Wildman–Crippen MR) is 71.7 cm³/mol. The SMILES string of the molecule is C#CCC(NC(=O)N(CCOC)CC(C)C)C(=O)O. The molecule has 19 heavy (non-hydrogen) atoms. The molecule has 6 nitrogen and oxygen atoms in total. The molecule has 0 aliphatic rings. The Morgan fingerprint density at radius 1 is 1.47 bits per heavy atom. The largest absolute Gasteiger partial charge is 0.480 e. The maximum Gasteiger partial charge on any atom is 0.327 e. The van der Waals surface area contributed by atoms with E-state index in [1.165, 1.54) is 4.90 Å². The third-order valence-electron chi connectivity index (χ3n) is 2.36. The minimum atomic E-state index is -1.14. The lowest BCUT2D eigenvalue weighted by molar-refractivity contribution is -0.139. The molecular weight excluding hydrogens is 248 g/mol. The first-order chi connectivity index (χ1) is 8.92. The number of nitrogens with zero attached hydrogens (tertiary/aromatic N) is 1. The summed E-state index contributed by atoms with van der Waals surface area (Å²) >= 11 is 0. The van der Waals surface area contributed by atoms with Crippen LogP contribution in [0.1, 0.15) is 20.3 Å². The molecule has 0 aliphatic carbocycles. The summed E-state index contributed by atoms with van der Waals surface area (Å²) in [5, 5.41) is 11.4. The quantitative estimate of drug-likeness (QED) is 0.639. The highest BCUT2D eigenvalue weighted by Crippen LogP contribution is 2.01. The van der Waals surface area contributed by atoms with Gasteiger partial charge in [0.05, 0.1) is 6.61 Å². The number of hydrogen-bond donors (Lipinski definition) is 2. The van der Waals surface area contributed by atoms with E-state index in [0.29, 0.717) is 19.7 Å². The molecule has 0 heterocycles. The minimum absolute atomic E-state index is 0.0408. The Morgan fingerprint density at radius 2 is 2.11 bits per heavy atom. The van der Waals surface area contributed by atoms with E-state index < -0.39 is 18.0 Å². The number of ether oxygens (including phenoxy) is 1. The molecule has 0 aliphatic heterocycles. The van der Waals surface area contributed by atoms with Crippen molar-refractivity contribution in [3.8, 4) is 12.3 Å². The van der Waals surface area contributed by atoms with E-state index in [1.807, 2.05) is 13.8 Å². The number of carboxylic acids is 1. The van der Waals surface area contributed by atoms with Crippen LogP contribution in [-0.2, 0) is 9.53 Å². The summed E-state index contributed by atoms with van der Waals surface area (Å²) in [6, 6.07) is -1.50. The van der Waals surface area contributed by atoms with E-state index in [2.05, 4.69) is 11.2 Å². The summed E-state index contributed by atoms with van der Waals surface area (Å²) in [6.45, 7) is 5.28. The zero-order valence-corrected chi connectivity index (χ0v) is 11.7. The van der Waals surface area contributed by atoms with E-state index in [1.54, 1.807) is 7.11 Å². The smallest absolute Gasteiger partial charge is 0.327 e. The topological polar surface area (TPSA) is 78.9 Å². The Bertz CT molecular complexity index is 336. The van der Waals surface area contributed by atoms with Gasteiger partial charge in [-0.15, -0.1) is 12.3 Å². The van der Waals surface area contributed by atoms with Crippen molar-refractivity contribution in [1.29, 1.82) is 0 Å². The van der Waals surface area contributed by atoms with Gasteiger partial charge in [0.1, 0.15) is 6.04 Å². The standard InChI is InChI=1S/C13H22N2O4/c1-5-6-11(12(16)17)14-13(18)15(7-8-19-4)9-10(2)3/h1,10-11H,6-9H2,2-4H3,(H,14,18)(H,16,17). The van der Waals surface area contributed by atoms with Gasteiger partial charge < -0.3 is 20.1 Å². The van der Waals surface area contributed by atoms with Crippen LogP contribution in [0, 0.1) is 18.3 Å². The molecule has 1 unspecified atom stereocenters. The molecule has 0 radical (unpaired) electrons. The van der Waals surface area contributed by atoms with E-state index in [4.69, 9.17) is 16.3 Å². The van der Waals surface area contributed by atoms with Crippen LogP contribution in [0.4, 0.5) is 4.79 Å². The number of terminal acetylenes is 1. The summed E-state index contributed by atoms with van der Waals surface area (Å²) in [5.74, 6) is 1.38. The molecule has 0 rings (SSSR count). The zero-order valence-electron chi connectivity index (χ0n) is 11.7. The number of urea groups is 1. The maximum absolute atomic E-state index is 12.0. The summed E-state index contributed by atoms with van der Waals surface area (Å²) in [6.07, 6.45) is 5.04. The lowest BCUT2D eigenvalue weighted by Gasteiger charge is -2.26. The first kappa shape index (κ1) is 17.3. The molecule has 0 saturated carbocycles. The van der Waals surface area contributed by atoms with Gasteiger partial charge in [-0.3, -0.25) is 0 Å². The van der Waals surface area contributed by atoms with Gasteiger partial charge in [0.25, 0.3) is 0 Å². The van der Waals surface area contributed by atoms with Gasteiger partial charge in [-0.25, -0.2) is 9.59 Å². The van der Waals surface area contributed by atoms with E-state index in [0.717, 1.165) is 0 Å². The van der Waals surface area contributed by atoms with Crippen LogP contribution in [0.5, 0.6) is 0 Å². The Kier molecular flexibility index (Phi) is 8.38. The second-order valence-electron chi connectivity index (χ2n) is 4.58. The first-order valence-corrected chi connectivity index (χ1v) is 6.13. The fraction of sp³-hybridized carbons (Fsp3) is 0.692. The summed E-state index contributed by atoms with van der Waals surface area (Å²) < 4.78 is 4.93. The molecule has 0 aromatic rings. The second-order valence-corrected chi connectivity index (χ2v) is 4.58. The minimum Gasteiger partial charge on any atom is -0.480 e. The Hall–Kier alpha value is -1.74. The summed E-state index contributed by atoms with van der Waals surface area (Å²) in [7, 11) is 1.55. The number of carboxylic acid groups (broad SMARTS) is 1. The Labute approximate surface area is 114 Å². The van der Waals surface area contributed by atoms with Crippen LogP contribution in [0.3, 0.4) is 0 Å². The molecule has 0 aromatic carbocycles. The van der Waals surface area contributed by atoms with Gasteiger partial charge in [0.15, 0.2) is 0 Å². The van der Waals surface area contributed by atoms with Gasteiger partial charge in [-0.05, 0) is 5.92 Å². The average molecular weight is 270 g/mol. The number of hydrogen-bond acceptors (Lipinski definition) is 3. The van der Waals surface area contributed by atoms with Crippen molar-refractivity contribution < 1.29 is 19.4 Å². The summed E-state index contributed by atoms with van der Waals surface area (Å²) in [5.41, 5.74) is 0. The highest BCUT2D eigenvalue weighted by atomic mass is 16.5. The van der Waals surface area contributed by atoms with Crippen molar-refractivity contribution in [3.05, 3.63) is 0 Å². The molecule has 0 aromatic heterocycles. The Balaban J connectivity index is 4.59. The molecule has 2 N–H and O–H groups in total. The van der Waals surface area contributed by atoms with Crippen molar-refractivity contribution in [2.75, 3.05) is 26.8 Å². The van der Waals surface area contributed by atoms with Crippen LogP contribution in [0.2, 0.25) is 0 Å². The highest BCUT2D eigenvalue weighted by molar-refractivity contribution is 5.82. The maximum atomic E-state index is 12.0. The third-order valence-corrected chi connectivity index (χ3v) is 2.36. The molecule has 108 valence electrons. The molecule has 0 spiro atoms. The van der Waals surface area contributed by atoms with Crippen LogP contribution in [-0.4, -0.2) is 54.9 Å². The number of methoxy groups -OCH3 is 1. The van der Waals surface area contributed by atoms with Gasteiger partial charge >= 0.3 is 12.0 Å². The van der Waals surface area contributed by atoms with Crippen molar-refractivity contribution in [1.82, 2.24) is 10.2 Å². The van der Waals surface area contributed by atoms with Crippen LogP contribution in [0.25, 0.3) is 0 Å². The van der Waals surface area contributed by atoms with Gasteiger partial charge in [0.2, 0.25) is 0 Å². The lowest BCUT2D eigenvalue weighted by atomic mass is 10.2. The zero-order chi connectivity index (χ0) is 14.8. The number of rotatable bonds is 8. The van der Waals surface area contributed by atoms with Crippen LogP contribution >= 0.6 is 0 Å². The number of amides is 2. The number of aliphatic carboxylic acids is 1. The summed E-state index contributed by atoms with van der Waals surface area (Å²) in [4.78, 5) is 24.5. The predicted octanol–water partition coefficient (Wildman–Crippen LogP) is 0.777. The molecule has 6 heteroatoms. The van der Waals surface area contributed by atoms with Crippen molar-refractivity contribution in [2.45, 2.75) is 26.3 Å². The fourth-order valence-electron chi connectivity index (χ4n) is 1.48. The molecule has 0 bridgehead atoms. The van der Waals surface area contributed by atoms with Crippen molar-refractivity contribution >= 4 is 12.0 Å². The van der Waals surface area contributed by atoms with E-state index >= 15 is 0 Å². The van der Waals surface area contributed by atoms with Gasteiger partial charge in [-0.1, -0.05) is 13.8 Å². The van der Waals surface area contributed by atoms with E-state index in [9.17, 15) is 9.59 Å². The normalized spacial score (nSPS) is 11.7. The average Bonchev–Trinajstić information content (AvgIpc) is 2.33. The van der Waals surface area contributed by atoms with Crippen LogP contribution < -0.4 is 5.32 Å².